The van der Waals surface area contributed by atoms with Gasteiger partial charge in [-0.2, -0.15) is 0 Å². The Labute approximate surface area is 247 Å². The van der Waals surface area contributed by atoms with Crippen LogP contribution < -0.4 is 4.90 Å². The highest BCUT2D eigenvalue weighted by molar-refractivity contribution is 7.16. The van der Waals surface area contributed by atoms with E-state index in [1.54, 1.807) is 11.3 Å². The number of halogens is 3. The Morgan fingerprint density at radius 2 is 1.79 bits per heavy atom. The number of anilines is 1. The highest BCUT2D eigenvalue weighted by Gasteiger charge is 2.47. The summed E-state index contributed by atoms with van der Waals surface area (Å²) in [6.07, 6.45) is 7.45. The molecule has 6 rings (SSSR count). The molecule has 0 atom stereocenters. The van der Waals surface area contributed by atoms with Crippen LogP contribution in [0.1, 0.15) is 36.0 Å². The van der Waals surface area contributed by atoms with Gasteiger partial charge in [0.05, 0.1) is 25.8 Å². The molecule has 2 aliphatic heterocycles. The van der Waals surface area contributed by atoms with Gasteiger partial charge in [-0.15, -0.1) is 11.3 Å². The van der Waals surface area contributed by atoms with Crippen molar-refractivity contribution in [2.75, 3.05) is 31.1 Å². The van der Waals surface area contributed by atoms with Crippen LogP contribution in [0.3, 0.4) is 0 Å². The summed E-state index contributed by atoms with van der Waals surface area (Å²) in [5.74, 6) is 0.171. The average molecular weight is 597 g/mol. The number of hydrogen-bond acceptors (Lipinski definition) is 4. The van der Waals surface area contributed by atoms with Crippen molar-refractivity contribution < 1.29 is 4.79 Å². The van der Waals surface area contributed by atoms with Gasteiger partial charge in [0.1, 0.15) is 0 Å². The molecule has 1 aromatic heterocycles. The largest absolute Gasteiger partial charge is 0.311 e. The summed E-state index contributed by atoms with van der Waals surface area (Å²) in [7, 11) is 0. The topological polar surface area (TPSA) is 36.4 Å². The zero-order chi connectivity index (χ0) is 27.0. The molecule has 1 spiro atoms. The quantitative estimate of drug-likeness (QED) is 0.225. The molecule has 0 radical (unpaired) electrons. The number of nitrogens with zero attached hydrogens (tertiary/aromatic N) is 3. The number of fused-ring (bicyclic) bond motifs is 4. The number of carbonyl (C=O) groups is 1. The molecule has 1 fully saturated rings. The molecule has 8 heteroatoms. The molecular weight excluding hydrogens is 569 g/mol. The lowest BCUT2D eigenvalue weighted by atomic mass is 9.74. The Morgan fingerprint density at radius 1 is 1.00 bits per heavy atom. The number of piperidine rings is 1. The van der Waals surface area contributed by atoms with Gasteiger partial charge < -0.3 is 4.90 Å². The Morgan fingerprint density at radius 3 is 2.56 bits per heavy atom. The molecule has 2 aliphatic rings. The van der Waals surface area contributed by atoms with Gasteiger partial charge in [-0.1, -0.05) is 65.2 Å². The third kappa shape index (κ3) is 5.48. The molecular formula is C31H28Cl3N3OS. The zero-order valence-corrected chi connectivity index (χ0v) is 24.5. The molecule has 200 valence electrons. The van der Waals surface area contributed by atoms with Crippen LogP contribution in [0.5, 0.6) is 0 Å². The first-order valence-electron chi connectivity index (χ1n) is 13.2. The van der Waals surface area contributed by atoms with E-state index in [2.05, 4.69) is 29.2 Å². The summed E-state index contributed by atoms with van der Waals surface area (Å²) < 4.78 is 1.19. The van der Waals surface area contributed by atoms with Crippen LogP contribution in [0, 0.1) is 0 Å². The SMILES string of the molecule is O=C(CCc1ccc(Cl)cc1)N1CC2(CCN(C/C=C/c3ccc(Cl)c(Cl)c3)CC2)c2c1ccc1scnc21. The Balaban J connectivity index is 1.17. The van der Waals surface area contributed by atoms with Gasteiger partial charge in [0.2, 0.25) is 5.91 Å². The smallest absolute Gasteiger partial charge is 0.227 e. The Hall–Kier alpha value is -2.41. The van der Waals surface area contributed by atoms with Crippen molar-refractivity contribution in [1.82, 2.24) is 9.88 Å². The van der Waals surface area contributed by atoms with Crippen LogP contribution >= 0.6 is 46.1 Å². The first kappa shape index (κ1) is 26.8. The second kappa shape index (κ2) is 11.2. The van der Waals surface area contributed by atoms with E-state index < -0.39 is 0 Å². The minimum absolute atomic E-state index is 0.0667. The maximum absolute atomic E-state index is 13.6. The standard InChI is InChI=1S/C31H28Cl3N3OS/c32-23-7-3-21(4-8-23)6-12-28(38)37-19-31(29-26(37)10-11-27-30(29)35-20-39-27)13-16-36(17-14-31)15-1-2-22-5-9-24(33)25(34)18-22/h1-5,7-11,18,20H,6,12-17,19H2/b2-1+. The summed E-state index contributed by atoms with van der Waals surface area (Å²) in [6.45, 7) is 3.54. The molecule has 0 aliphatic carbocycles. The number of aromatic nitrogens is 1. The van der Waals surface area contributed by atoms with Crippen LogP contribution in [0.2, 0.25) is 15.1 Å². The fourth-order valence-corrected chi connectivity index (χ4v) is 7.04. The van der Waals surface area contributed by atoms with Gasteiger partial charge in [-0.3, -0.25) is 9.69 Å². The van der Waals surface area contributed by atoms with Crippen LogP contribution in [-0.2, 0) is 16.6 Å². The minimum Gasteiger partial charge on any atom is -0.311 e. The maximum Gasteiger partial charge on any atom is 0.227 e. The predicted octanol–water partition coefficient (Wildman–Crippen LogP) is 8.28. The summed E-state index contributed by atoms with van der Waals surface area (Å²) in [6, 6.07) is 17.7. The summed E-state index contributed by atoms with van der Waals surface area (Å²) in [5.41, 5.74) is 7.41. The Bertz CT molecular complexity index is 1540. The van der Waals surface area contributed by atoms with Crippen LogP contribution in [0.4, 0.5) is 5.69 Å². The lowest BCUT2D eigenvalue weighted by Crippen LogP contribution is -2.46. The van der Waals surface area contributed by atoms with Crippen LogP contribution in [0.15, 0.2) is 66.2 Å². The second-order valence-corrected chi connectivity index (χ2v) is 12.6. The van der Waals surface area contributed by atoms with Gasteiger partial charge in [-0.25, -0.2) is 4.98 Å². The van der Waals surface area contributed by atoms with Crippen molar-refractivity contribution in [3.63, 3.8) is 0 Å². The summed E-state index contributed by atoms with van der Waals surface area (Å²) in [5, 5.41) is 1.85. The monoisotopic (exact) mass is 595 g/mol. The van der Waals surface area contributed by atoms with E-state index in [4.69, 9.17) is 39.8 Å². The average Bonchev–Trinajstić information content (AvgIpc) is 3.54. The van der Waals surface area contributed by atoms with Gasteiger partial charge >= 0.3 is 0 Å². The number of likely N-dealkylation sites (tertiary alicyclic amines) is 1. The van der Waals surface area contributed by atoms with E-state index in [0.717, 1.165) is 61.4 Å². The first-order chi connectivity index (χ1) is 18.9. The van der Waals surface area contributed by atoms with Crippen molar-refractivity contribution in [1.29, 1.82) is 0 Å². The van der Waals surface area contributed by atoms with E-state index >= 15 is 0 Å². The molecule has 4 aromatic rings. The number of rotatable bonds is 6. The number of amides is 1. The molecule has 0 unspecified atom stereocenters. The van der Waals surface area contributed by atoms with Crippen molar-refractivity contribution in [3.05, 3.63) is 97.9 Å². The number of benzene rings is 3. The molecule has 1 saturated heterocycles. The van der Waals surface area contributed by atoms with E-state index in [0.29, 0.717) is 27.9 Å². The number of hydrogen-bond donors (Lipinski definition) is 0. The number of aryl methyl sites for hydroxylation is 1. The van der Waals surface area contributed by atoms with Gasteiger partial charge in [0.15, 0.2) is 0 Å². The van der Waals surface area contributed by atoms with Crippen molar-refractivity contribution in [2.24, 2.45) is 0 Å². The molecule has 0 bridgehead atoms. The zero-order valence-electron chi connectivity index (χ0n) is 21.4. The number of thiazole rings is 1. The summed E-state index contributed by atoms with van der Waals surface area (Å²) >= 11 is 19.9. The molecule has 39 heavy (non-hydrogen) atoms. The third-order valence-electron chi connectivity index (χ3n) is 8.03. The van der Waals surface area contributed by atoms with Crippen LogP contribution in [0.25, 0.3) is 16.3 Å². The van der Waals surface area contributed by atoms with Crippen molar-refractivity contribution >= 4 is 74.0 Å². The normalized spacial score (nSPS) is 16.9. The molecule has 0 N–H and O–H groups in total. The fraction of sp³-hybridized carbons (Fsp3) is 0.290. The van der Waals surface area contributed by atoms with Gasteiger partial charge in [-0.05, 0) is 79.9 Å². The Kier molecular flexibility index (Phi) is 7.71. The molecule has 4 nitrogen and oxygen atoms in total. The highest BCUT2D eigenvalue weighted by Crippen LogP contribution is 2.50. The van der Waals surface area contributed by atoms with Gasteiger partial charge in [0.25, 0.3) is 0 Å². The van der Waals surface area contributed by atoms with Crippen LogP contribution in [-0.4, -0.2) is 42.0 Å². The second-order valence-electron chi connectivity index (χ2n) is 10.4. The third-order valence-corrected chi connectivity index (χ3v) is 9.82. The lowest BCUT2D eigenvalue weighted by molar-refractivity contribution is -0.118. The van der Waals surface area contributed by atoms with Gasteiger partial charge in [0, 0.05) is 41.2 Å². The summed E-state index contributed by atoms with van der Waals surface area (Å²) in [4.78, 5) is 22.9. The van der Waals surface area contributed by atoms with E-state index in [1.807, 2.05) is 52.9 Å². The highest BCUT2D eigenvalue weighted by atomic mass is 35.5. The van der Waals surface area contributed by atoms with Crippen molar-refractivity contribution in [2.45, 2.75) is 31.1 Å². The lowest BCUT2D eigenvalue weighted by Gasteiger charge is -2.39. The first-order valence-corrected chi connectivity index (χ1v) is 15.2. The molecule has 3 heterocycles. The fourth-order valence-electron chi connectivity index (χ4n) is 5.92. The van der Waals surface area contributed by atoms with Crippen molar-refractivity contribution in [3.8, 4) is 0 Å². The minimum atomic E-state index is -0.0667. The molecule has 0 saturated carbocycles. The predicted molar refractivity (Wildman–Crippen MR) is 165 cm³/mol. The molecule has 1 amide bonds. The van der Waals surface area contributed by atoms with E-state index in [1.165, 1.54) is 10.3 Å². The van der Waals surface area contributed by atoms with E-state index in [-0.39, 0.29) is 11.3 Å². The maximum atomic E-state index is 13.6. The van der Waals surface area contributed by atoms with E-state index in [9.17, 15) is 4.79 Å². The number of carbonyl (C=O) groups excluding carboxylic acids is 1. The molecule has 3 aromatic carbocycles.